The summed E-state index contributed by atoms with van der Waals surface area (Å²) in [5.74, 6) is 1.37. The van der Waals surface area contributed by atoms with Crippen molar-refractivity contribution in [1.29, 1.82) is 0 Å². The molecule has 0 unspecified atom stereocenters. The predicted octanol–water partition coefficient (Wildman–Crippen LogP) is 3.41. The van der Waals surface area contributed by atoms with E-state index in [1.807, 2.05) is 22.9 Å². The Morgan fingerprint density at radius 3 is 2.71 bits per heavy atom. The highest BCUT2D eigenvalue weighted by Gasteiger charge is 2.22. The number of ether oxygens (including phenoxy) is 1. The summed E-state index contributed by atoms with van der Waals surface area (Å²) in [6.45, 7) is 2.34. The Morgan fingerprint density at radius 2 is 1.89 bits per heavy atom. The maximum Gasteiger partial charge on any atom is 0.262 e. The third kappa shape index (κ3) is 3.15. The average molecular weight is 379 g/mol. The van der Waals surface area contributed by atoms with E-state index < -0.39 is 0 Å². The van der Waals surface area contributed by atoms with Crippen LogP contribution in [0.1, 0.15) is 50.4 Å². The van der Waals surface area contributed by atoms with Crippen molar-refractivity contribution in [2.75, 3.05) is 18.0 Å². The third-order valence-corrected chi connectivity index (χ3v) is 5.86. The van der Waals surface area contributed by atoms with Gasteiger partial charge in [0.25, 0.3) is 5.56 Å². The summed E-state index contributed by atoms with van der Waals surface area (Å²) in [7, 11) is 0. The zero-order valence-corrected chi connectivity index (χ0v) is 15.9. The number of fused-ring (bicyclic) bond motifs is 1. The summed E-state index contributed by atoms with van der Waals surface area (Å²) in [6, 6.07) is 8.43. The van der Waals surface area contributed by atoms with E-state index in [1.165, 1.54) is 25.7 Å². The Bertz CT molecular complexity index is 1030. The smallest absolute Gasteiger partial charge is 0.262 e. The summed E-state index contributed by atoms with van der Waals surface area (Å²) in [5, 5.41) is 5.00. The Kier molecular flexibility index (Phi) is 4.50. The Morgan fingerprint density at radius 1 is 1.11 bits per heavy atom. The minimum absolute atomic E-state index is 0.152. The molecule has 28 heavy (non-hydrogen) atoms. The Labute approximate surface area is 163 Å². The highest BCUT2D eigenvalue weighted by molar-refractivity contribution is 5.73. The van der Waals surface area contributed by atoms with Crippen LogP contribution in [0.5, 0.6) is 5.75 Å². The number of nitrogens with zero attached hydrogens (tertiary/aromatic N) is 4. The van der Waals surface area contributed by atoms with E-state index in [4.69, 9.17) is 4.74 Å². The normalized spacial score (nSPS) is 17.6. The molecule has 1 N–H and O–H groups in total. The summed E-state index contributed by atoms with van der Waals surface area (Å²) in [5.41, 5.74) is 1.63. The monoisotopic (exact) mass is 379 g/mol. The first-order valence-electron chi connectivity index (χ1n) is 10.2. The lowest BCUT2D eigenvalue weighted by atomic mass is 10.2. The standard InChI is InChI=1S/C21H25N5O2/c27-21-16-13-22-26(15-7-1-2-8-15)20(16)23-19(24-21)14-28-18-10-4-3-9-17(18)25-11-5-6-12-25/h3-4,9-10,13,15H,1-2,5-8,11-12,14H2,(H,23,24,27). The van der Waals surface area contributed by atoms with Gasteiger partial charge in [0.1, 0.15) is 23.6 Å². The van der Waals surface area contributed by atoms with Gasteiger partial charge in [-0.3, -0.25) is 4.79 Å². The van der Waals surface area contributed by atoms with E-state index in [2.05, 4.69) is 26.0 Å². The van der Waals surface area contributed by atoms with E-state index in [-0.39, 0.29) is 12.2 Å². The number of anilines is 1. The second kappa shape index (κ2) is 7.30. The lowest BCUT2D eigenvalue weighted by Crippen LogP contribution is -2.19. The number of aromatic amines is 1. The summed E-state index contributed by atoms with van der Waals surface area (Å²) in [4.78, 5) is 22.4. The molecule has 1 aliphatic heterocycles. The second-order valence-electron chi connectivity index (χ2n) is 7.73. The number of rotatable bonds is 5. The van der Waals surface area contributed by atoms with E-state index in [9.17, 15) is 4.79 Å². The molecule has 1 saturated carbocycles. The van der Waals surface area contributed by atoms with Gasteiger partial charge in [0.05, 0.1) is 17.9 Å². The molecule has 1 aliphatic carbocycles. The molecule has 7 nitrogen and oxygen atoms in total. The molecule has 5 rings (SSSR count). The van der Waals surface area contributed by atoms with Crippen molar-refractivity contribution in [3.05, 3.63) is 46.6 Å². The van der Waals surface area contributed by atoms with Crippen molar-refractivity contribution in [2.45, 2.75) is 51.2 Å². The largest absolute Gasteiger partial charge is 0.484 e. The third-order valence-electron chi connectivity index (χ3n) is 5.86. The average Bonchev–Trinajstić information content (AvgIpc) is 3.47. The number of H-pyrrole nitrogens is 1. The van der Waals surface area contributed by atoms with Crippen molar-refractivity contribution in [2.24, 2.45) is 0 Å². The van der Waals surface area contributed by atoms with Gasteiger partial charge in [-0.1, -0.05) is 25.0 Å². The molecule has 2 aromatic heterocycles. The van der Waals surface area contributed by atoms with Gasteiger partial charge in [0.15, 0.2) is 5.65 Å². The van der Waals surface area contributed by atoms with E-state index in [0.717, 1.165) is 37.4 Å². The first kappa shape index (κ1) is 17.3. The molecule has 0 bridgehead atoms. The fourth-order valence-corrected chi connectivity index (χ4v) is 4.41. The molecule has 2 aliphatic rings. The van der Waals surface area contributed by atoms with Gasteiger partial charge in [-0.2, -0.15) is 5.10 Å². The molecule has 0 spiro atoms. The molecular weight excluding hydrogens is 354 g/mol. The molecular formula is C21H25N5O2. The van der Waals surface area contributed by atoms with E-state index in [1.54, 1.807) is 6.20 Å². The molecule has 7 heteroatoms. The Balaban J connectivity index is 1.41. The van der Waals surface area contributed by atoms with Crippen molar-refractivity contribution >= 4 is 16.7 Å². The van der Waals surface area contributed by atoms with Crippen molar-refractivity contribution in [1.82, 2.24) is 19.7 Å². The maximum absolute atomic E-state index is 12.5. The number of hydrogen-bond donors (Lipinski definition) is 1. The SMILES string of the molecule is O=c1[nH]c(COc2ccccc2N2CCCC2)nc2c1cnn2C1CCCC1. The Hall–Kier alpha value is -2.83. The molecule has 146 valence electrons. The summed E-state index contributed by atoms with van der Waals surface area (Å²) >= 11 is 0. The number of aromatic nitrogens is 4. The number of benzene rings is 1. The van der Waals surface area contributed by atoms with Gasteiger partial charge in [-0.15, -0.1) is 0 Å². The lowest BCUT2D eigenvalue weighted by Gasteiger charge is -2.21. The van der Waals surface area contributed by atoms with E-state index in [0.29, 0.717) is 22.9 Å². The molecule has 3 aromatic rings. The molecule has 2 fully saturated rings. The van der Waals surface area contributed by atoms with Gasteiger partial charge >= 0.3 is 0 Å². The minimum atomic E-state index is -0.152. The minimum Gasteiger partial charge on any atom is -0.484 e. The van der Waals surface area contributed by atoms with Crippen LogP contribution in [-0.4, -0.2) is 32.8 Å². The first-order chi connectivity index (χ1) is 13.8. The second-order valence-corrected chi connectivity index (χ2v) is 7.73. The van der Waals surface area contributed by atoms with Crippen molar-refractivity contribution < 1.29 is 4.74 Å². The zero-order valence-electron chi connectivity index (χ0n) is 15.9. The summed E-state index contributed by atoms with van der Waals surface area (Å²) in [6.07, 6.45) is 8.67. The van der Waals surface area contributed by atoms with Crippen LogP contribution in [0.3, 0.4) is 0 Å². The topological polar surface area (TPSA) is 76.0 Å². The predicted molar refractivity (Wildman–Crippen MR) is 108 cm³/mol. The molecule has 0 atom stereocenters. The quantitative estimate of drug-likeness (QED) is 0.735. The lowest BCUT2D eigenvalue weighted by molar-refractivity contribution is 0.296. The van der Waals surface area contributed by atoms with Crippen LogP contribution in [0.2, 0.25) is 0 Å². The van der Waals surface area contributed by atoms with Gasteiger partial charge in [-0.05, 0) is 37.8 Å². The number of para-hydroxylation sites is 2. The zero-order chi connectivity index (χ0) is 18.9. The van der Waals surface area contributed by atoms with Gasteiger partial charge in [-0.25, -0.2) is 9.67 Å². The van der Waals surface area contributed by atoms with Crippen LogP contribution >= 0.6 is 0 Å². The van der Waals surface area contributed by atoms with Gasteiger partial charge < -0.3 is 14.6 Å². The molecule has 0 amide bonds. The molecule has 1 aromatic carbocycles. The van der Waals surface area contributed by atoms with Crippen LogP contribution in [-0.2, 0) is 6.61 Å². The maximum atomic E-state index is 12.5. The van der Waals surface area contributed by atoms with Crippen LogP contribution < -0.4 is 15.2 Å². The highest BCUT2D eigenvalue weighted by Crippen LogP contribution is 2.32. The van der Waals surface area contributed by atoms with Gasteiger partial charge in [0.2, 0.25) is 0 Å². The number of nitrogens with one attached hydrogen (secondary N) is 1. The van der Waals surface area contributed by atoms with Crippen LogP contribution in [0.4, 0.5) is 5.69 Å². The fraction of sp³-hybridized carbons (Fsp3) is 0.476. The van der Waals surface area contributed by atoms with Crippen LogP contribution in [0.15, 0.2) is 35.3 Å². The van der Waals surface area contributed by atoms with Gasteiger partial charge in [0, 0.05) is 13.1 Å². The first-order valence-corrected chi connectivity index (χ1v) is 10.2. The van der Waals surface area contributed by atoms with Crippen molar-refractivity contribution in [3.8, 4) is 5.75 Å². The van der Waals surface area contributed by atoms with Crippen LogP contribution in [0, 0.1) is 0 Å². The van der Waals surface area contributed by atoms with Crippen molar-refractivity contribution in [3.63, 3.8) is 0 Å². The fourth-order valence-electron chi connectivity index (χ4n) is 4.41. The number of hydrogen-bond acceptors (Lipinski definition) is 5. The molecule has 1 saturated heterocycles. The highest BCUT2D eigenvalue weighted by atomic mass is 16.5. The molecule has 0 radical (unpaired) electrons. The van der Waals surface area contributed by atoms with E-state index >= 15 is 0 Å². The summed E-state index contributed by atoms with van der Waals surface area (Å²) < 4.78 is 8.01. The van der Waals surface area contributed by atoms with Crippen LogP contribution in [0.25, 0.3) is 11.0 Å². The molecule has 3 heterocycles.